The molecule has 0 nitrogen and oxygen atoms in total. The van der Waals surface area contributed by atoms with E-state index in [-0.39, 0.29) is 63.1 Å². The Kier molecular flexibility index (Phi) is 28.5. The van der Waals surface area contributed by atoms with E-state index in [1.807, 2.05) is 0 Å². The Hall–Kier alpha value is 1.22. The zero-order chi connectivity index (χ0) is 5.82. The summed E-state index contributed by atoms with van der Waals surface area (Å²) in [6.07, 6.45) is 11.1. The zero-order valence-electron chi connectivity index (χ0n) is 6.91. The first-order chi connectivity index (χ1) is 3.93. The average Bonchev–Trinajstić information content (AvgIpc) is 2.19. The molecule has 0 aromatic heterocycles. The summed E-state index contributed by atoms with van der Waals surface area (Å²) in [7, 11) is 0. The van der Waals surface area contributed by atoms with Crippen molar-refractivity contribution in [3.63, 3.8) is 0 Å². The van der Waals surface area contributed by atoms with E-state index >= 15 is 0 Å². The molecule has 0 heterocycles. The van der Waals surface area contributed by atoms with Crippen LogP contribution in [0.3, 0.4) is 0 Å². The van der Waals surface area contributed by atoms with Crippen LogP contribution in [0.2, 0.25) is 0 Å². The summed E-state index contributed by atoms with van der Waals surface area (Å²) in [5.41, 5.74) is 1.40. The molecule has 12 heavy (non-hydrogen) atoms. The molecule has 1 aliphatic rings. The first-order valence-electron chi connectivity index (χ1n) is 3.19. The first-order valence-corrected chi connectivity index (χ1v) is 3.19. The van der Waals surface area contributed by atoms with Crippen molar-refractivity contribution in [3.8, 4) is 0 Å². The van der Waals surface area contributed by atoms with Gasteiger partial charge in [-0.3, -0.25) is 6.08 Å². The summed E-state index contributed by atoms with van der Waals surface area (Å²) in [5, 5.41) is 0. The molecule has 0 saturated carbocycles. The molecule has 0 aromatic rings. The maximum atomic E-state index is 3.26. The standard InChI is InChI=1S/C8H11.3ClH.Hf/c1-2-5-8-6-3-4-7-8;;;;/h3,6H,2,4-5H2,1H3;3*1H;/q-1;;;;+4/p-3. The molecule has 0 amide bonds. The summed E-state index contributed by atoms with van der Waals surface area (Å²) < 4.78 is 0. The molecule has 0 aliphatic heterocycles. The van der Waals surface area contributed by atoms with Gasteiger partial charge in [0, 0.05) is 0 Å². The van der Waals surface area contributed by atoms with Crippen LogP contribution in [0.1, 0.15) is 26.2 Å². The fourth-order valence-corrected chi connectivity index (χ4v) is 0.891. The van der Waals surface area contributed by atoms with Crippen molar-refractivity contribution in [2.24, 2.45) is 0 Å². The van der Waals surface area contributed by atoms with Crippen molar-refractivity contribution in [1.82, 2.24) is 0 Å². The second-order valence-corrected chi connectivity index (χ2v) is 2.06. The molecule has 0 atom stereocenters. The maximum Gasteiger partial charge on any atom is 4.00 e. The van der Waals surface area contributed by atoms with Crippen LogP contribution in [0.25, 0.3) is 0 Å². The van der Waals surface area contributed by atoms with E-state index in [4.69, 9.17) is 0 Å². The summed E-state index contributed by atoms with van der Waals surface area (Å²) in [4.78, 5) is 0. The van der Waals surface area contributed by atoms with Crippen molar-refractivity contribution < 1.29 is 63.1 Å². The minimum atomic E-state index is 0. The average molecular weight is 392 g/mol. The number of hydrogen-bond acceptors (Lipinski definition) is 0. The van der Waals surface area contributed by atoms with Crippen LogP contribution in [-0.4, -0.2) is 0 Å². The smallest absolute Gasteiger partial charge is 1.00 e. The molecule has 0 radical (unpaired) electrons. The second-order valence-electron chi connectivity index (χ2n) is 2.06. The summed E-state index contributed by atoms with van der Waals surface area (Å²) >= 11 is 0. The zero-order valence-corrected chi connectivity index (χ0v) is 12.8. The Balaban J connectivity index is -0.0000000800. The summed E-state index contributed by atoms with van der Waals surface area (Å²) in [5.74, 6) is 0. The monoisotopic (exact) mass is 392 g/mol. The Morgan fingerprint density at radius 3 is 2.25 bits per heavy atom. The molecule has 68 valence electrons. The molecule has 4 heteroatoms. The van der Waals surface area contributed by atoms with Gasteiger partial charge in [-0.15, -0.1) is 6.42 Å². The Morgan fingerprint density at radius 2 is 1.92 bits per heavy atom. The molecule has 0 spiro atoms. The molecule has 1 aliphatic carbocycles. The third kappa shape index (κ3) is 9.31. The first kappa shape index (κ1) is 23.2. The molecular formula is C8H11Cl3Hf. The number of rotatable bonds is 2. The molecule has 1 rings (SSSR count). The minimum absolute atomic E-state index is 0. The predicted octanol–water partition coefficient (Wildman–Crippen LogP) is -6.51. The minimum Gasteiger partial charge on any atom is -1.00 e. The Bertz CT molecular complexity index is 132. The SMILES string of the molecule is CCCC1=[C-]CC=C1.[Cl-].[Cl-].[Cl-].[Hf+4]. The normalized spacial score (nSPS) is 11.2. The molecular weight excluding hydrogens is 381 g/mol. The van der Waals surface area contributed by atoms with E-state index in [0.717, 1.165) is 6.42 Å². The molecule has 0 fully saturated rings. The van der Waals surface area contributed by atoms with Crippen molar-refractivity contribution >= 4 is 0 Å². The molecule has 0 unspecified atom stereocenters. The van der Waals surface area contributed by atoms with Gasteiger partial charge < -0.3 is 37.2 Å². The van der Waals surface area contributed by atoms with Crippen molar-refractivity contribution in [3.05, 3.63) is 23.8 Å². The number of allylic oxidation sites excluding steroid dienone is 4. The van der Waals surface area contributed by atoms with Crippen molar-refractivity contribution in [1.29, 1.82) is 0 Å². The van der Waals surface area contributed by atoms with Gasteiger partial charge in [-0.25, -0.2) is 11.6 Å². The summed E-state index contributed by atoms with van der Waals surface area (Å²) in [6, 6.07) is 0. The maximum absolute atomic E-state index is 3.26. The van der Waals surface area contributed by atoms with E-state index in [9.17, 15) is 0 Å². The quantitative estimate of drug-likeness (QED) is 0.324. The fourth-order valence-electron chi connectivity index (χ4n) is 0.891. The van der Waals surface area contributed by atoms with Crippen LogP contribution >= 0.6 is 0 Å². The van der Waals surface area contributed by atoms with Crippen LogP contribution in [0.15, 0.2) is 17.7 Å². The van der Waals surface area contributed by atoms with E-state index in [0.29, 0.717) is 0 Å². The topological polar surface area (TPSA) is 0 Å². The fraction of sp³-hybridized carbons (Fsp3) is 0.500. The number of hydrogen-bond donors (Lipinski definition) is 0. The van der Waals surface area contributed by atoms with E-state index in [2.05, 4.69) is 25.2 Å². The second kappa shape index (κ2) is 14.7. The third-order valence-electron chi connectivity index (χ3n) is 1.29. The largest absolute Gasteiger partial charge is 4.00 e. The third-order valence-corrected chi connectivity index (χ3v) is 1.29. The van der Waals surface area contributed by atoms with Gasteiger partial charge in [0.25, 0.3) is 0 Å². The van der Waals surface area contributed by atoms with Gasteiger partial charge in [0.1, 0.15) is 0 Å². The van der Waals surface area contributed by atoms with Gasteiger partial charge in [-0.2, -0.15) is 6.08 Å². The van der Waals surface area contributed by atoms with Crippen LogP contribution < -0.4 is 37.2 Å². The van der Waals surface area contributed by atoms with Gasteiger partial charge in [-0.1, -0.05) is 19.8 Å². The van der Waals surface area contributed by atoms with Crippen molar-refractivity contribution in [2.75, 3.05) is 0 Å². The van der Waals surface area contributed by atoms with E-state index in [1.54, 1.807) is 0 Å². The van der Waals surface area contributed by atoms with E-state index < -0.39 is 0 Å². The van der Waals surface area contributed by atoms with Crippen LogP contribution in [0.4, 0.5) is 0 Å². The van der Waals surface area contributed by atoms with Gasteiger partial charge in [0.2, 0.25) is 0 Å². The van der Waals surface area contributed by atoms with Crippen molar-refractivity contribution in [2.45, 2.75) is 26.2 Å². The number of halogens is 3. The molecule has 0 saturated heterocycles. The van der Waals surface area contributed by atoms with Crippen LogP contribution in [-0.2, 0) is 25.8 Å². The van der Waals surface area contributed by atoms with Gasteiger partial charge >= 0.3 is 25.8 Å². The van der Waals surface area contributed by atoms with Gasteiger partial charge in [0.15, 0.2) is 0 Å². The van der Waals surface area contributed by atoms with Crippen LogP contribution in [0.5, 0.6) is 0 Å². The van der Waals surface area contributed by atoms with Gasteiger partial charge in [0.05, 0.1) is 0 Å². The van der Waals surface area contributed by atoms with E-state index in [1.165, 1.54) is 18.4 Å². The summed E-state index contributed by atoms with van der Waals surface area (Å²) in [6.45, 7) is 2.20. The van der Waals surface area contributed by atoms with Gasteiger partial charge in [-0.05, 0) is 0 Å². The predicted molar refractivity (Wildman–Crippen MR) is 35.4 cm³/mol. The Morgan fingerprint density at radius 1 is 1.33 bits per heavy atom. The molecule has 0 bridgehead atoms. The molecule has 0 N–H and O–H groups in total. The molecule has 0 aromatic carbocycles. The van der Waals surface area contributed by atoms with Crippen LogP contribution in [0, 0.1) is 6.08 Å². The Labute approximate surface area is 112 Å².